The maximum atomic E-state index is 14.6. The predicted molar refractivity (Wildman–Crippen MR) is 97.2 cm³/mol. The lowest BCUT2D eigenvalue weighted by atomic mass is 9.82. The molecule has 0 bridgehead atoms. The standard InChI is InChI=1S/C20H13ClFN3O/c1-10-5-6-11-7-8-12-16(17-14(21)3-2-4-15(17)22)13(9-23)20(24)26-19(12)18(11)25-10/h2-8,16H,24H2,1H3/t16-/m1/s1. The number of fused-ring (bicyclic) bond motifs is 3. The van der Waals surface area contributed by atoms with E-state index in [1.807, 2.05) is 31.2 Å². The molecule has 4 nitrogen and oxygen atoms in total. The first kappa shape index (κ1) is 16.4. The predicted octanol–water partition coefficient (Wildman–Crippen LogP) is 4.55. The van der Waals surface area contributed by atoms with Crippen LogP contribution in [0.3, 0.4) is 0 Å². The second-order valence-electron chi connectivity index (χ2n) is 6.07. The van der Waals surface area contributed by atoms with E-state index in [-0.39, 0.29) is 22.0 Å². The average Bonchev–Trinajstić information content (AvgIpc) is 2.61. The molecule has 26 heavy (non-hydrogen) atoms. The van der Waals surface area contributed by atoms with Crippen molar-refractivity contribution in [3.05, 3.63) is 81.6 Å². The molecular weight excluding hydrogens is 353 g/mol. The van der Waals surface area contributed by atoms with E-state index in [4.69, 9.17) is 22.1 Å². The summed E-state index contributed by atoms with van der Waals surface area (Å²) in [7, 11) is 0. The molecule has 0 spiro atoms. The zero-order valence-electron chi connectivity index (χ0n) is 13.8. The second-order valence-corrected chi connectivity index (χ2v) is 6.48. The molecule has 0 aliphatic carbocycles. The number of aryl methyl sites for hydroxylation is 1. The highest BCUT2D eigenvalue weighted by Gasteiger charge is 2.35. The van der Waals surface area contributed by atoms with Gasteiger partial charge in [-0.15, -0.1) is 0 Å². The average molecular weight is 366 g/mol. The van der Waals surface area contributed by atoms with Gasteiger partial charge in [-0.05, 0) is 25.1 Å². The summed E-state index contributed by atoms with van der Waals surface area (Å²) in [5, 5.41) is 10.7. The molecule has 0 saturated carbocycles. The van der Waals surface area contributed by atoms with Gasteiger partial charge in [-0.25, -0.2) is 9.37 Å². The lowest BCUT2D eigenvalue weighted by molar-refractivity contribution is 0.396. The van der Waals surface area contributed by atoms with Gasteiger partial charge in [-0.1, -0.05) is 35.9 Å². The van der Waals surface area contributed by atoms with E-state index in [1.165, 1.54) is 12.1 Å². The molecule has 0 radical (unpaired) electrons. The molecule has 1 aromatic heterocycles. The summed E-state index contributed by atoms with van der Waals surface area (Å²) in [6.07, 6.45) is 0. The summed E-state index contributed by atoms with van der Waals surface area (Å²) in [5.41, 5.74) is 8.35. The second kappa shape index (κ2) is 6.01. The summed E-state index contributed by atoms with van der Waals surface area (Å²) >= 11 is 6.27. The summed E-state index contributed by atoms with van der Waals surface area (Å²) in [6, 6.07) is 13.9. The minimum Gasteiger partial charge on any atom is -0.438 e. The molecule has 0 amide bonds. The fourth-order valence-corrected chi connectivity index (χ4v) is 3.55. The molecule has 3 aromatic rings. The van der Waals surface area contributed by atoms with Crippen LogP contribution in [-0.2, 0) is 0 Å². The van der Waals surface area contributed by atoms with Crippen molar-refractivity contribution in [3.63, 3.8) is 0 Å². The van der Waals surface area contributed by atoms with Crippen molar-refractivity contribution in [2.45, 2.75) is 12.8 Å². The number of rotatable bonds is 1. The highest BCUT2D eigenvalue weighted by molar-refractivity contribution is 6.31. The zero-order valence-corrected chi connectivity index (χ0v) is 14.5. The Morgan fingerprint density at radius 1 is 1.23 bits per heavy atom. The van der Waals surface area contributed by atoms with Crippen molar-refractivity contribution in [1.82, 2.24) is 4.98 Å². The third-order valence-electron chi connectivity index (χ3n) is 4.47. The molecule has 1 aliphatic rings. The van der Waals surface area contributed by atoms with Crippen molar-refractivity contribution in [2.75, 3.05) is 0 Å². The fraction of sp³-hybridized carbons (Fsp3) is 0.100. The number of hydrogen-bond donors (Lipinski definition) is 1. The molecule has 128 valence electrons. The third-order valence-corrected chi connectivity index (χ3v) is 4.80. The summed E-state index contributed by atoms with van der Waals surface area (Å²) in [5.74, 6) is -0.912. The van der Waals surface area contributed by atoms with E-state index in [0.29, 0.717) is 16.8 Å². The molecule has 2 N–H and O–H groups in total. The molecule has 6 heteroatoms. The van der Waals surface area contributed by atoms with Crippen LogP contribution in [-0.4, -0.2) is 4.98 Å². The van der Waals surface area contributed by atoms with Gasteiger partial charge in [0.1, 0.15) is 23.0 Å². The molecule has 0 fully saturated rings. The summed E-state index contributed by atoms with van der Waals surface area (Å²) in [6.45, 7) is 1.87. The Labute approximate surface area is 154 Å². The van der Waals surface area contributed by atoms with E-state index >= 15 is 0 Å². The van der Waals surface area contributed by atoms with E-state index in [1.54, 1.807) is 12.1 Å². The van der Waals surface area contributed by atoms with Crippen molar-refractivity contribution < 1.29 is 9.13 Å². The van der Waals surface area contributed by atoms with Gasteiger partial charge in [0, 0.05) is 27.2 Å². The van der Waals surface area contributed by atoms with Gasteiger partial charge in [0.25, 0.3) is 0 Å². The van der Waals surface area contributed by atoms with Crippen LogP contribution in [0.2, 0.25) is 5.02 Å². The van der Waals surface area contributed by atoms with Gasteiger partial charge in [-0.3, -0.25) is 0 Å². The number of nitriles is 1. The first-order chi connectivity index (χ1) is 12.5. The van der Waals surface area contributed by atoms with Crippen LogP contribution in [0.25, 0.3) is 10.9 Å². The molecule has 2 aromatic carbocycles. The first-order valence-electron chi connectivity index (χ1n) is 7.93. The highest BCUT2D eigenvalue weighted by Crippen LogP contribution is 2.47. The number of nitrogens with two attached hydrogens (primary N) is 1. The van der Waals surface area contributed by atoms with Crippen molar-refractivity contribution >= 4 is 22.5 Å². The van der Waals surface area contributed by atoms with Crippen molar-refractivity contribution in [3.8, 4) is 11.8 Å². The normalized spacial score (nSPS) is 16.2. The van der Waals surface area contributed by atoms with Crippen LogP contribution in [0.4, 0.5) is 4.39 Å². The smallest absolute Gasteiger partial charge is 0.205 e. The Morgan fingerprint density at radius 2 is 2.00 bits per heavy atom. The van der Waals surface area contributed by atoms with Crippen LogP contribution in [0.15, 0.2) is 53.9 Å². The van der Waals surface area contributed by atoms with Gasteiger partial charge < -0.3 is 10.5 Å². The molecule has 0 unspecified atom stereocenters. The largest absolute Gasteiger partial charge is 0.438 e. The van der Waals surface area contributed by atoms with Crippen molar-refractivity contribution in [2.24, 2.45) is 5.73 Å². The Morgan fingerprint density at radius 3 is 2.73 bits per heavy atom. The molecule has 1 aliphatic heterocycles. The van der Waals surface area contributed by atoms with E-state index < -0.39 is 11.7 Å². The zero-order chi connectivity index (χ0) is 18.4. The Balaban J connectivity index is 2.08. The van der Waals surface area contributed by atoms with Crippen LogP contribution in [0.5, 0.6) is 5.75 Å². The Kier molecular flexibility index (Phi) is 3.78. The molecular formula is C20H13ClFN3O. The molecule has 0 saturated heterocycles. The minimum atomic E-state index is -0.760. The van der Waals surface area contributed by atoms with Gasteiger partial charge in [0.15, 0.2) is 5.75 Å². The SMILES string of the molecule is Cc1ccc2ccc3c(c2n1)OC(N)=C(C#N)[C@@H]3c1c(F)cccc1Cl. The van der Waals surface area contributed by atoms with E-state index in [9.17, 15) is 9.65 Å². The maximum absolute atomic E-state index is 14.6. The van der Waals surface area contributed by atoms with Gasteiger partial charge in [0.05, 0.1) is 5.92 Å². The highest BCUT2D eigenvalue weighted by atomic mass is 35.5. The number of nitrogens with zero attached hydrogens (tertiary/aromatic N) is 2. The van der Waals surface area contributed by atoms with Crippen LogP contribution in [0, 0.1) is 24.1 Å². The van der Waals surface area contributed by atoms with E-state index in [2.05, 4.69) is 4.98 Å². The quantitative estimate of drug-likeness (QED) is 0.686. The van der Waals surface area contributed by atoms with E-state index in [0.717, 1.165) is 11.1 Å². The molecule has 4 rings (SSSR count). The van der Waals surface area contributed by atoms with Crippen LogP contribution >= 0.6 is 11.6 Å². The third kappa shape index (κ3) is 2.39. The maximum Gasteiger partial charge on any atom is 0.205 e. The number of aromatic nitrogens is 1. The number of allylic oxidation sites excluding steroid dienone is 1. The monoisotopic (exact) mass is 365 g/mol. The number of pyridine rings is 1. The van der Waals surface area contributed by atoms with Crippen LogP contribution < -0.4 is 10.5 Å². The number of hydrogen-bond acceptors (Lipinski definition) is 4. The summed E-state index contributed by atoms with van der Waals surface area (Å²) in [4.78, 5) is 4.53. The minimum absolute atomic E-state index is 0.0693. The van der Waals surface area contributed by atoms with Crippen LogP contribution in [0.1, 0.15) is 22.7 Å². The van der Waals surface area contributed by atoms with Gasteiger partial charge >= 0.3 is 0 Å². The first-order valence-corrected chi connectivity index (χ1v) is 8.31. The fourth-order valence-electron chi connectivity index (χ4n) is 3.28. The number of halogens is 2. The van der Waals surface area contributed by atoms with Gasteiger partial charge in [0.2, 0.25) is 5.88 Å². The lowest BCUT2D eigenvalue weighted by Gasteiger charge is -2.27. The number of ether oxygens (including phenoxy) is 1. The van der Waals surface area contributed by atoms with Crippen molar-refractivity contribution in [1.29, 1.82) is 5.26 Å². The lowest BCUT2D eigenvalue weighted by Crippen LogP contribution is -2.22. The molecule has 2 heterocycles. The Bertz CT molecular complexity index is 1110. The topological polar surface area (TPSA) is 71.9 Å². The molecule has 1 atom stereocenters. The van der Waals surface area contributed by atoms with Gasteiger partial charge in [-0.2, -0.15) is 5.26 Å². The Hall–Kier alpha value is -3.10. The summed E-state index contributed by atoms with van der Waals surface area (Å²) < 4.78 is 20.4. The number of benzene rings is 2.